The maximum Gasteiger partial charge on any atom is 0.165 e. The van der Waals surface area contributed by atoms with Crippen LogP contribution in [0.1, 0.15) is 0 Å². The third-order valence-electron chi connectivity index (χ3n) is 9.76. The van der Waals surface area contributed by atoms with Crippen molar-refractivity contribution in [3.63, 3.8) is 0 Å². The van der Waals surface area contributed by atoms with Gasteiger partial charge < -0.3 is 8.83 Å². The van der Waals surface area contributed by atoms with Crippen LogP contribution in [-0.2, 0) is 0 Å². The van der Waals surface area contributed by atoms with Crippen molar-refractivity contribution in [3.05, 3.63) is 152 Å². The first kappa shape index (κ1) is 28.2. The van der Waals surface area contributed by atoms with Crippen LogP contribution >= 0.6 is 11.3 Å². The van der Waals surface area contributed by atoms with Crippen molar-refractivity contribution in [3.8, 4) is 45.3 Å². The van der Waals surface area contributed by atoms with E-state index < -0.39 is 0 Å². The highest BCUT2D eigenvalue weighted by atomic mass is 32.1. The summed E-state index contributed by atoms with van der Waals surface area (Å²) in [4.78, 5) is 15.4. The lowest BCUT2D eigenvalue weighted by Crippen LogP contribution is -2.00. The minimum absolute atomic E-state index is 0.607. The Hall–Kier alpha value is -6.63. The molecule has 0 fully saturated rings. The van der Waals surface area contributed by atoms with Crippen LogP contribution in [0.5, 0.6) is 0 Å². The molecule has 7 aromatic carbocycles. The van der Waals surface area contributed by atoms with Crippen LogP contribution in [0, 0.1) is 0 Å². The third-order valence-corrected chi connectivity index (χ3v) is 11.0. The van der Waals surface area contributed by atoms with Gasteiger partial charge in [0.25, 0.3) is 0 Å². The largest absolute Gasteiger partial charge is 0.456 e. The van der Waals surface area contributed by atoms with E-state index in [0.29, 0.717) is 17.5 Å². The van der Waals surface area contributed by atoms with Gasteiger partial charge >= 0.3 is 0 Å². The Morgan fingerprint density at radius 1 is 0.392 bits per heavy atom. The first-order valence-corrected chi connectivity index (χ1v) is 17.7. The summed E-state index contributed by atoms with van der Waals surface area (Å²) < 4.78 is 15.0. The normalized spacial score (nSPS) is 11.9. The zero-order valence-electron chi connectivity index (χ0n) is 27.0. The van der Waals surface area contributed by atoms with Gasteiger partial charge in [-0.1, -0.05) is 115 Å². The summed E-state index contributed by atoms with van der Waals surface area (Å²) in [6, 6.07) is 52.1. The molecule has 0 N–H and O–H groups in total. The number of nitrogens with zero attached hydrogens (tertiary/aromatic N) is 3. The number of fused-ring (bicyclic) bond motifs is 9. The van der Waals surface area contributed by atoms with Gasteiger partial charge in [-0.25, -0.2) is 15.0 Å². The lowest BCUT2D eigenvalue weighted by Gasteiger charge is -2.10. The molecule has 0 unspecified atom stereocenters. The second-order valence-corrected chi connectivity index (χ2v) is 13.8. The number of benzene rings is 7. The van der Waals surface area contributed by atoms with Gasteiger partial charge in [-0.3, -0.25) is 0 Å². The molecule has 0 aliphatic rings. The fourth-order valence-electron chi connectivity index (χ4n) is 7.41. The number of thiophene rings is 1. The summed E-state index contributed by atoms with van der Waals surface area (Å²) in [6.07, 6.45) is 0. The maximum atomic E-state index is 6.41. The van der Waals surface area contributed by atoms with Crippen LogP contribution in [-0.4, -0.2) is 15.0 Å². The molecule has 4 aromatic heterocycles. The molecular weight excluding hydrogens is 647 g/mol. The Kier molecular flexibility index (Phi) is 6.05. The SMILES string of the molecule is c1ccc(-c2nc(-c3cccc4c3sc3ccc(-c5cccc6c5oc5ccccc56)cc34)nc(-c3cccc4oc5ccccc5c34)n2)cc1. The molecule has 5 nitrogen and oxygen atoms in total. The lowest BCUT2D eigenvalue weighted by atomic mass is 10.00. The standard InChI is InChI=1S/C45H25N3O2S/c1-2-11-26(12-3-1)43-46-44(33-18-10-22-38-40(33)32-14-5-7-21-37(32)49-38)48-45(47-43)34-19-9-17-31-35-25-27(23-24-39(35)51-42(31)34)28-15-8-16-30-29-13-4-6-20-36(29)50-41(28)30/h1-25H. The number of rotatable bonds is 4. The van der Waals surface area contributed by atoms with Crippen LogP contribution in [0.4, 0.5) is 0 Å². The van der Waals surface area contributed by atoms with E-state index in [2.05, 4.69) is 78.9 Å². The molecule has 0 radical (unpaired) electrons. The van der Waals surface area contributed by atoms with E-state index in [-0.39, 0.29) is 0 Å². The van der Waals surface area contributed by atoms with E-state index in [4.69, 9.17) is 23.8 Å². The van der Waals surface area contributed by atoms with Crippen molar-refractivity contribution in [2.75, 3.05) is 0 Å². The van der Waals surface area contributed by atoms with Crippen molar-refractivity contribution >= 4 is 75.4 Å². The van der Waals surface area contributed by atoms with Gasteiger partial charge in [0.2, 0.25) is 0 Å². The fraction of sp³-hybridized carbons (Fsp3) is 0. The Morgan fingerprint density at radius 3 is 1.88 bits per heavy atom. The number of para-hydroxylation sites is 3. The predicted octanol–water partition coefficient (Wildman–Crippen LogP) is 12.7. The summed E-state index contributed by atoms with van der Waals surface area (Å²) in [6.45, 7) is 0. The zero-order chi connectivity index (χ0) is 33.5. The van der Waals surface area contributed by atoms with Gasteiger partial charge in [0.15, 0.2) is 17.5 Å². The minimum Gasteiger partial charge on any atom is -0.456 e. The van der Waals surface area contributed by atoms with Crippen molar-refractivity contribution in [1.29, 1.82) is 0 Å². The molecule has 0 saturated carbocycles. The summed E-state index contributed by atoms with van der Waals surface area (Å²) in [5, 5.41) is 6.64. The van der Waals surface area contributed by atoms with Gasteiger partial charge in [0.05, 0.1) is 0 Å². The average molecular weight is 672 g/mol. The molecule has 238 valence electrons. The van der Waals surface area contributed by atoms with Crippen molar-refractivity contribution in [2.24, 2.45) is 0 Å². The summed E-state index contributed by atoms with van der Waals surface area (Å²) in [5.74, 6) is 1.86. The molecule has 0 aliphatic heterocycles. The van der Waals surface area contributed by atoms with E-state index in [0.717, 1.165) is 81.8 Å². The van der Waals surface area contributed by atoms with Crippen LogP contribution in [0.2, 0.25) is 0 Å². The van der Waals surface area contributed by atoms with Gasteiger partial charge in [0.1, 0.15) is 22.3 Å². The molecule has 0 amide bonds. The van der Waals surface area contributed by atoms with Gasteiger partial charge in [-0.05, 0) is 42.0 Å². The second-order valence-electron chi connectivity index (χ2n) is 12.7. The number of hydrogen-bond donors (Lipinski definition) is 0. The molecule has 51 heavy (non-hydrogen) atoms. The number of furan rings is 2. The smallest absolute Gasteiger partial charge is 0.165 e. The van der Waals surface area contributed by atoms with E-state index >= 15 is 0 Å². The monoisotopic (exact) mass is 671 g/mol. The second kappa shape index (κ2) is 10.9. The van der Waals surface area contributed by atoms with E-state index in [1.807, 2.05) is 72.8 Å². The molecule has 0 spiro atoms. The Balaban J connectivity index is 1.12. The number of hydrogen-bond acceptors (Lipinski definition) is 6. The molecule has 0 saturated heterocycles. The molecular formula is C45H25N3O2S. The van der Waals surface area contributed by atoms with Crippen molar-refractivity contribution in [2.45, 2.75) is 0 Å². The summed E-state index contributed by atoms with van der Waals surface area (Å²) in [7, 11) is 0. The summed E-state index contributed by atoms with van der Waals surface area (Å²) >= 11 is 1.76. The van der Waals surface area contributed by atoms with Gasteiger partial charge in [-0.15, -0.1) is 11.3 Å². The molecule has 0 bridgehead atoms. The Morgan fingerprint density at radius 2 is 1.02 bits per heavy atom. The van der Waals surface area contributed by atoms with Gasteiger partial charge in [0, 0.05) is 64.0 Å². The molecule has 11 rings (SSSR count). The Bertz CT molecular complexity index is 3160. The van der Waals surface area contributed by atoms with Crippen molar-refractivity contribution < 1.29 is 8.83 Å². The highest BCUT2D eigenvalue weighted by Crippen LogP contribution is 2.43. The first-order valence-electron chi connectivity index (χ1n) is 16.9. The Labute approximate surface area is 295 Å². The first-order chi connectivity index (χ1) is 25.3. The molecule has 11 aromatic rings. The molecule has 0 aliphatic carbocycles. The van der Waals surface area contributed by atoms with Crippen LogP contribution in [0.15, 0.2) is 160 Å². The topological polar surface area (TPSA) is 65.0 Å². The van der Waals surface area contributed by atoms with Crippen LogP contribution in [0.25, 0.3) is 109 Å². The van der Waals surface area contributed by atoms with Crippen molar-refractivity contribution in [1.82, 2.24) is 15.0 Å². The zero-order valence-corrected chi connectivity index (χ0v) is 27.8. The molecule has 4 heterocycles. The number of aromatic nitrogens is 3. The van der Waals surface area contributed by atoms with Crippen LogP contribution in [0.3, 0.4) is 0 Å². The average Bonchev–Trinajstić information content (AvgIpc) is 3.89. The summed E-state index contributed by atoms with van der Waals surface area (Å²) in [5.41, 5.74) is 8.45. The minimum atomic E-state index is 0.607. The van der Waals surface area contributed by atoms with E-state index in [9.17, 15) is 0 Å². The predicted molar refractivity (Wildman–Crippen MR) is 209 cm³/mol. The fourth-order valence-corrected chi connectivity index (χ4v) is 8.60. The highest BCUT2D eigenvalue weighted by molar-refractivity contribution is 7.26. The third kappa shape index (κ3) is 4.37. The highest BCUT2D eigenvalue weighted by Gasteiger charge is 2.20. The quantitative estimate of drug-likeness (QED) is 0.186. The molecule has 0 atom stereocenters. The van der Waals surface area contributed by atoms with E-state index in [1.54, 1.807) is 11.3 Å². The molecule has 6 heteroatoms. The lowest BCUT2D eigenvalue weighted by molar-refractivity contribution is 0.669. The van der Waals surface area contributed by atoms with Crippen LogP contribution < -0.4 is 0 Å². The maximum absolute atomic E-state index is 6.41. The van der Waals surface area contributed by atoms with Gasteiger partial charge in [-0.2, -0.15) is 0 Å². The van der Waals surface area contributed by atoms with E-state index in [1.165, 1.54) is 10.1 Å².